The Balaban J connectivity index is 1.40. The van der Waals surface area contributed by atoms with Gasteiger partial charge in [-0.05, 0) is 43.2 Å². The van der Waals surface area contributed by atoms with E-state index in [1.54, 1.807) is 35.2 Å². The number of rotatable bonds is 3. The SMILES string of the molecule is O=C(c1ccc2c(c1)OCCO2)C1CCN(C(=O)c2ccc(Cl)s2)CC1. The second-order valence-corrected chi connectivity index (χ2v) is 8.11. The van der Waals surface area contributed by atoms with Crippen LogP contribution in [0.1, 0.15) is 32.9 Å². The zero-order valence-electron chi connectivity index (χ0n) is 14.1. The molecule has 7 heteroatoms. The van der Waals surface area contributed by atoms with Crippen molar-refractivity contribution in [2.45, 2.75) is 12.8 Å². The van der Waals surface area contributed by atoms with Crippen LogP contribution in [0, 0.1) is 5.92 Å². The summed E-state index contributed by atoms with van der Waals surface area (Å²) in [5.74, 6) is 1.33. The molecule has 0 N–H and O–H groups in total. The highest BCUT2D eigenvalue weighted by atomic mass is 35.5. The van der Waals surface area contributed by atoms with E-state index in [0.717, 1.165) is 0 Å². The highest BCUT2D eigenvalue weighted by molar-refractivity contribution is 7.17. The molecule has 2 aliphatic heterocycles. The zero-order valence-corrected chi connectivity index (χ0v) is 15.6. The molecule has 0 bridgehead atoms. The number of carbonyl (C=O) groups is 2. The Morgan fingerprint density at radius 2 is 1.77 bits per heavy atom. The number of fused-ring (bicyclic) bond motifs is 1. The van der Waals surface area contributed by atoms with E-state index in [2.05, 4.69) is 0 Å². The molecule has 0 radical (unpaired) electrons. The van der Waals surface area contributed by atoms with Crippen LogP contribution in [-0.4, -0.2) is 42.9 Å². The Morgan fingerprint density at radius 1 is 1.04 bits per heavy atom. The van der Waals surface area contributed by atoms with Gasteiger partial charge in [-0.1, -0.05) is 11.6 Å². The first-order valence-electron chi connectivity index (χ1n) is 8.60. The van der Waals surface area contributed by atoms with Gasteiger partial charge in [-0.25, -0.2) is 0 Å². The average molecular weight is 392 g/mol. The third-order valence-corrected chi connectivity index (χ3v) is 5.98. The van der Waals surface area contributed by atoms with Gasteiger partial charge >= 0.3 is 0 Å². The van der Waals surface area contributed by atoms with Gasteiger partial charge in [-0.15, -0.1) is 11.3 Å². The molecule has 0 atom stereocenters. The number of amides is 1. The molecule has 1 aromatic carbocycles. The van der Waals surface area contributed by atoms with E-state index >= 15 is 0 Å². The topological polar surface area (TPSA) is 55.8 Å². The van der Waals surface area contributed by atoms with Crippen molar-refractivity contribution in [3.05, 3.63) is 45.1 Å². The third-order valence-electron chi connectivity index (χ3n) is 4.76. The van der Waals surface area contributed by atoms with Crippen LogP contribution >= 0.6 is 22.9 Å². The lowest BCUT2D eigenvalue weighted by atomic mass is 9.88. The van der Waals surface area contributed by atoms with Crippen LogP contribution in [0.3, 0.4) is 0 Å². The van der Waals surface area contributed by atoms with Gasteiger partial charge in [0.05, 0.1) is 9.21 Å². The number of nitrogens with zero attached hydrogens (tertiary/aromatic N) is 1. The monoisotopic (exact) mass is 391 g/mol. The summed E-state index contributed by atoms with van der Waals surface area (Å²) >= 11 is 7.20. The Morgan fingerprint density at radius 3 is 2.46 bits per heavy atom. The summed E-state index contributed by atoms with van der Waals surface area (Å²) in [6.45, 7) is 2.19. The van der Waals surface area contributed by atoms with E-state index in [-0.39, 0.29) is 17.6 Å². The quantitative estimate of drug-likeness (QED) is 0.744. The van der Waals surface area contributed by atoms with Crippen molar-refractivity contribution in [1.29, 1.82) is 0 Å². The molecule has 4 rings (SSSR count). The number of benzene rings is 1. The molecule has 1 amide bonds. The molecule has 0 spiro atoms. The molecule has 0 unspecified atom stereocenters. The van der Waals surface area contributed by atoms with Crippen molar-refractivity contribution in [3.63, 3.8) is 0 Å². The summed E-state index contributed by atoms with van der Waals surface area (Å²) in [6, 6.07) is 8.84. The largest absolute Gasteiger partial charge is 0.486 e. The van der Waals surface area contributed by atoms with Crippen molar-refractivity contribution in [2.24, 2.45) is 5.92 Å². The lowest BCUT2D eigenvalue weighted by molar-refractivity contribution is 0.0654. The van der Waals surface area contributed by atoms with Crippen LogP contribution in [0.25, 0.3) is 0 Å². The number of hydrogen-bond donors (Lipinski definition) is 0. The number of ether oxygens (including phenoxy) is 2. The van der Waals surface area contributed by atoms with Crippen LogP contribution in [0.4, 0.5) is 0 Å². The smallest absolute Gasteiger partial charge is 0.263 e. The van der Waals surface area contributed by atoms with Gasteiger partial charge in [0.1, 0.15) is 13.2 Å². The molecule has 136 valence electrons. The van der Waals surface area contributed by atoms with Crippen molar-refractivity contribution in [2.75, 3.05) is 26.3 Å². The fourth-order valence-electron chi connectivity index (χ4n) is 3.36. The summed E-state index contributed by atoms with van der Waals surface area (Å²) in [4.78, 5) is 27.7. The highest BCUT2D eigenvalue weighted by Gasteiger charge is 2.29. The second kappa shape index (κ2) is 7.29. The van der Waals surface area contributed by atoms with Crippen molar-refractivity contribution < 1.29 is 19.1 Å². The number of thiophene rings is 1. The van der Waals surface area contributed by atoms with Crippen molar-refractivity contribution in [3.8, 4) is 11.5 Å². The number of Topliss-reactive ketones (excluding diaryl/α,β-unsaturated/α-hetero) is 1. The predicted octanol–water partition coefficient (Wildman–Crippen LogP) is 3.91. The first kappa shape index (κ1) is 17.4. The lowest BCUT2D eigenvalue weighted by Crippen LogP contribution is -2.40. The molecule has 0 saturated carbocycles. The Hall–Kier alpha value is -2.05. The minimum Gasteiger partial charge on any atom is -0.486 e. The Bertz CT molecular complexity index is 842. The number of halogens is 1. The molecule has 1 fully saturated rings. The maximum Gasteiger partial charge on any atom is 0.263 e. The second-order valence-electron chi connectivity index (χ2n) is 6.39. The maximum atomic E-state index is 12.8. The van der Waals surface area contributed by atoms with E-state index in [9.17, 15) is 9.59 Å². The number of carbonyl (C=O) groups excluding carboxylic acids is 2. The first-order chi connectivity index (χ1) is 12.6. The molecule has 1 aromatic heterocycles. The molecule has 26 heavy (non-hydrogen) atoms. The number of piperidine rings is 1. The lowest BCUT2D eigenvalue weighted by Gasteiger charge is -2.31. The zero-order chi connectivity index (χ0) is 18.1. The Kier molecular flexibility index (Phi) is 4.87. The van der Waals surface area contributed by atoms with Crippen LogP contribution in [0.15, 0.2) is 30.3 Å². The average Bonchev–Trinajstić information content (AvgIpc) is 3.13. The van der Waals surface area contributed by atoms with Gasteiger partial charge in [-0.2, -0.15) is 0 Å². The van der Waals surface area contributed by atoms with Gasteiger partial charge in [0.2, 0.25) is 0 Å². The molecule has 2 aliphatic rings. The van der Waals surface area contributed by atoms with E-state index in [0.29, 0.717) is 65.4 Å². The molecular formula is C19H18ClNO4S. The van der Waals surface area contributed by atoms with Gasteiger partial charge < -0.3 is 14.4 Å². The summed E-state index contributed by atoms with van der Waals surface area (Å²) < 4.78 is 11.7. The summed E-state index contributed by atoms with van der Waals surface area (Å²) in [5.41, 5.74) is 0.643. The van der Waals surface area contributed by atoms with Crippen LogP contribution in [0.2, 0.25) is 4.34 Å². The molecule has 1 saturated heterocycles. The van der Waals surface area contributed by atoms with E-state index in [1.165, 1.54) is 11.3 Å². The fourth-order valence-corrected chi connectivity index (χ4v) is 4.37. The predicted molar refractivity (Wildman–Crippen MR) is 99.7 cm³/mol. The maximum absolute atomic E-state index is 12.8. The number of hydrogen-bond acceptors (Lipinski definition) is 5. The van der Waals surface area contributed by atoms with E-state index < -0.39 is 0 Å². The number of likely N-dealkylation sites (tertiary alicyclic amines) is 1. The highest BCUT2D eigenvalue weighted by Crippen LogP contribution is 2.33. The van der Waals surface area contributed by atoms with Gasteiger partial charge in [0, 0.05) is 24.6 Å². The summed E-state index contributed by atoms with van der Waals surface area (Å²) in [6.07, 6.45) is 1.33. The minimum absolute atomic E-state index is 0.00729. The molecule has 3 heterocycles. The minimum atomic E-state index is -0.0754. The van der Waals surface area contributed by atoms with Gasteiger partial charge in [-0.3, -0.25) is 9.59 Å². The fraction of sp³-hybridized carbons (Fsp3) is 0.368. The number of ketones is 1. The van der Waals surface area contributed by atoms with E-state index in [1.807, 2.05) is 0 Å². The molecule has 5 nitrogen and oxygen atoms in total. The first-order valence-corrected chi connectivity index (χ1v) is 9.80. The summed E-state index contributed by atoms with van der Waals surface area (Å²) in [7, 11) is 0. The standard InChI is InChI=1S/C19H18ClNO4S/c20-17-4-3-16(26-17)19(23)21-7-5-12(6-8-21)18(22)13-1-2-14-15(11-13)25-10-9-24-14/h1-4,11-12H,5-10H2. The van der Waals surface area contributed by atoms with Crippen molar-refractivity contribution >= 4 is 34.6 Å². The molecular weight excluding hydrogens is 374 g/mol. The van der Waals surface area contributed by atoms with Gasteiger partial charge in [0.25, 0.3) is 5.91 Å². The molecule has 2 aromatic rings. The third kappa shape index (κ3) is 3.44. The summed E-state index contributed by atoms with van der Waals surface area (Å²) in [5, 5.41) is 0. The normalized spacial score (nSPS) is 17.2. The van der Waals surface area contributed by atoms with Crippen LogP contribution in [0.5, 0.6) is 11.5 Å². The van der Waals surface area contributed by atoms with Gasteiger partial charge in [0.15, 0.2) is 17.3 Å². The Labute approximate surface area is 160 Å². The molecule has 0 aliphatic carbocycles. The van der Waals surface area contributed by atoms with E-state index in [4.69, 9.17) is 21.1 Å². The van der Waals surface area contributed by atoms with Crippen LogP contribution < -0.4 is 9.47 Å². The van der Waals surface area contributed by atoms with Crippen molar-refractivity contribution in [1.82, 2.24) is 4.90 Å². The van der Waals surface area contributed by atoms with Crippen LogP contribution in [-0.2, 0) is 0 Å².